The van der Waals surface area contributed by atoms with Crippen LogP contribution in [0.3, 0.4) is 0 Å². The van der Waals surface area contributed by atoms with Gasteiger partial charge in [-0.3, -0.25) is 14.9 Å². The molecule has 4 rings (SSSR count). The molecule has 1 aliphatic heterocycles. The van der Waals surface area contributed by atoms with Crippen LogP contribution in [0, 0.1) is 13.8 Å². The van der Waals surface area contributed by atoms with Crippen molar-refractivity contribution in [3.05, 3.63) is 82.1 Å². The molecule has 1 aromatic heterocycles. The lowest BCUT2D eigenvalue weighted by Gasteiger charge is -2.26. The van der Waals surface area contributed by atoms with E-state index >= 15 is 0 Å². The van der Waals surface area contributed by atoms with Crippen molar-refractivity contribution in [2.24, 2.45) is 0 Å². The second-order valence-corrected chi connectivity index (χ2v) is 7.73. The van der Waals surface area contributed by atoms with E-state index in [0.29, 0.717) is 22.0 Å². The molecule has 1 fully saturated rings. The number of nitrogens with zero attached hydrogens (tertiary/aromatic N) is 2. The van der Waals surface area contributed by atoms with Gasteiger partial charge in [0, 0.05) is 22.1 Å². The third-order valence-corrected chi connectivity index (χ3v) is 5.50. The molecule has 8 heteroatoms. The van der Waals surface area contributed by atoms with Gasteiger partial charge in [-0.15, -0.1) is 0 Å². The van der Waals surface area contributed by atoms with Gasteiger partial charge in [-0.05, 0) is 74.0 Å². The standard InChI is InChI=1S/C24H20ClN3O4/c1-14-11-16(15(2)27(14)19-6-4-5-17(25)13-19)12-21-22(29)26-24(31)28(23(21)30)18-7-9-20(32-3)10-8-18/h4-13H,1-3H3,(H,26,29,31)/b21-12+. The van der Waals surface area contributed by atoms with Crippen LogP contribution >= 0.6 is 11.6 Å². The molecule has 0 spiro atoms. The van der Waals surface area contributed by atoms with Crippen molar-refractivity contribution in [1.29, 1.82) is 0 Å². The maximum atomic E-state index is 13.1. The number of aryl methyl sites for hydroxylation is 1. The summed E-state index contributed by atoms with van der Waals surface area (Å²) in [6.07, 6.45) is 1.50. The average Bonchev–Trinajstić information content (AvgIpc) is 3.04. The number of anilines is 1. The van der Waals surface area contributed by atoms with Crippen LogP contribution in [0.4, 0.5) is 10.5 Å². The van der Waals surface area contributed by atoms with E-state index < -0.39 is 17.8 Å². The number of aromatic nitrogens is 1. The number of hydrogen-bond donors (Lipinski definition) is 1. The molecule has 0 bridgehead atoms. The number of imide groups is 2. The number of carbonyl (C=O) groups is 3. The predicted octanol–water partition coefficient (Wildman–Crippen LogP) is 4.42. The Morgan fingerprint density at radius 1 is 0.969 bits per heavy atom. The summed E-state index contributed by atoms with van der Waals surface area (Å²) in [7, 11) is 1.52. The van der Waals surface area contributed by atoms with Crippen molar-refractivity contribution < 1.29 is 19.1 Å². The van der Waals surface area contributed by atoms with Gasteiger partial charge in [0.25, 0.3) is 11.8 Å². The van der Waals surface area contributed by atoms with E-state index in [-0.39, 0.29) is 5.57 Å². The van der Waals surface area contributed by atoms with E-state index in [1.165, 1.54) is 13.2 Å². The lowest BCUT2D eigenvalue weighted by atomic mass is 10.1. The summed E-state index contributed by atoms with van der Waals surface area (Å²) < 4.78 is 7.10. The van der Waals surface area contributed by atoms with E-state index in [2.05, 4.69) is 5.32 Å². The first-order valence-corrected chi connectivity index (χ1v) is 10.2. The normalized spacial score (nSPS) is 15.3. The number of benzene rings is 2. The molecule has 0 unspecified atom stereocenters. The summed E-state index contributed by atoms with van der Waals surface area (Å²) in [6, 6.07) is 14.9. The zero-order valence-corrected chi connectivity index (χ0v) is 18.4. The number of urea groups is 1. The fourth-order valence-electron chi connectivity index (χ4n) is 3.73. The van der Waals surface area contributed by atoms with Crippen LogP contribution < -0.4 is 15.0 Å². The summed E-state index contributed by atoms with van der Waals surface area (Å²) in [6.45, 7) is 3.81. The van der Waals surface area contributed by atoms with Crippen LogP contribution in [0.1, 0.15) is 17.0 Å². The van der Waals surface area contributed by atoms with Gasteiger partial charge < -0.3 is 9.30 Å². The first-order chi connectivity index (χ1) is 15.3. The zero-order valence-electron chi connectivity index (χ0n) is 17.7. The second-order valence-electron chi connectivity index (χ2n) is 7.30. The molecule has 7 nitrogen and oxygen atoms in total. The van der Waals surface area contributed by atoms with Crippen molar-refractivity contribution in [3.63, 3.8) is 0 Å². The summed E-state index contributed by atoms with van der Waals surface area (Å²) in [5.41, 5.74) is 3.48. The molecule has 0 radical (unpaired) electrons. The third kappa shape index (κ3) is 3.78. The molecular weight excluding hydrogens is 430 g/mol. The van der Waals surface area contributed by atoms with Crippen LogP contribution in [0.15, 0.2) is 60.2 Å². The van der Waals surface area contributed by atoms with Gasteiger partial charge in [0.15, 0.2) is 0 Å². The minimum absolute atomic E-state index is 0.133. The molecule has 3 aromatic rings. The lowest BCUT2D eigenvalue weighted by molar-refractivity contribution is -0.122. The third-order valence-electron chi connectivity index (χ3n) is 5.27. The molecule has 1 saturated heterocycles. The quantitative estimate of drug-likeness (QED) is 0.472. The van der Waals surface area contributed by atoms with Crippen LogP contribution in [-0.4, -0.2) is 29.5 Å². The Bertz CT molecular complexity index is 1270. The van der Waals surface area contributed by atoms with E-state index in [9.17, 15) is 14.4 Å². The highest BCUT2D eigenvalue weighted by Gasteiger charge is 2.37. The number of nitrogens with one attached hydrogen (secondary N) is 1. The zero-order chi connectivity index (χ0) is 23.0. The van der Waals surface area contributed by atoms with E-state index in [1.807, 2.05) is 42.7 Å². The summed E-state index contributed by atoms with van der Waals surface area (Å²) in [4.78, 5) is 39.0. The number of amides is 4. The number of barbiturate groups is 1. The molecule has 1 aliphatic rings. The molecule has 0 atom stereocenters. The SMILES string of the molecule is COc1ccc(N2C(=O)NC(=O)/C(=C\c3cc(C)n(-c4cccc(Cl)c4)c3C)C2=O)cc1. The number of carbonyl (C=O) groups excluding carboxylic acids is 3. The Balaban J connectivity index is 1.74. The average molecular weight is 450 g/mol. The number of methoxy groups -OCH3 is 1. The summed E-state index contributed by atoms with van der Waals surface area (Å²) >= 11 is 6.14. The fraction of sp³-hybridized carbons (Fsp3) is 0.125. The maximum Gasteiger partial charge on any atom is 0.335 e. The fourth-order valence-corrected chi connectivity index (χ4v) is 3.91. The second kappa shape index (κ2) is 8.36. The highest BCUT2D eigenvalue weighted by atomic mass is 35.5. The molecule has 1 N–H and O–H groups in total. The Morgan fingerprint density at radius 2 is 1.69 bits per heavy atom. The largest absolute Gasteiger partial charge is 0.497 e. The Hall–Kier alpha value is -3.84. The summed E-state index contributed by atoms with van der Waals surface area (Å²) in [5.74, 6) is -0.854. The predicted molar refractivity (Wildman–Crippen MR) is 122 cm³/mol. The van der Waals surface area contributed by atoms with E-state index in [4.69, 9.17) is 16.3 Å². The number of hydrogen-bond acceptors (Lipinski definition) is 4. The number of rotatable bonds is 4. The van der Waals surface area contributed by atoms with Crippen molar-refractivity contribution in [1.82, 2.24) is 9.88 Å². The van der Waals surface area contributed by atoms with Gasteiger partial charge in [0.1, 0.15) is 11.3 Å². The van der Waals surface area contributed by atoms with Crippen molar-refractivity contribution in [2.75, 3.05) is 12.0 Å². The van der Waals surface area contributed by atoms with E-state index in [1.54, 1.807) is 30.3 Å². The Labute approximate surface area is 189 Å². The van der Waals surface area contributed by atoms with Crippen LogP contribution in [0.25, 0.3) is 11.8 Å². The van der Waals surface area contributed by atoms with Crippen molar-refractivity contribution in [2.45, 2.75) is 13.8 Å². The molecule has 2 heterocycles. The van der Waals surface area contributed by atoms with Crippen LogP contribution in [-0.2, 0) is 9.59 Å². The lowest BCUT2D eigenvalue weighted by Crippen LogP contribution is -2.54. The van der Waals surface area contributed by atoms with Gasteiger partial charge in [-0.2, -0.15) is 0 Å². The van der Waals surface area contributed by atoms with Crippen LogP contribution in [0.5, 0.6) is 5.75 Å². The molecule has 32 heavy (non-hydrogen) atoms. The Morgan fingerprint density at radius 3 is 2.34 bits per heavy atom. The van der Waals surface area contributed by atoms with Gasteiger partial charge in [0.2, 0.25) is 0 Å². The highest BCUT2D eigenvalue weighted by molar-refractivity contribution is 6.39. The molecule has 0 saturated carbocycles. The minimum atomic E-state index is -0.799. The summed E-state index contributed by atoms with van der Waals surface area (Å²) in [5, 5.41) is 2.84. The minimum Gasteiger partial charge on any atom is -0.497 e. The molecule has 2 aromatic carbocycles. The topological polar surface area (TPSA) is 80.6 Å². The molecular formula is C24H20ClN3O4. The van der Waals surface area contributed by atoms with Crippen LogP contribution in [0.2, 0.25) is 5.02 Å². The highest BCUT2D eigenvalue weighted by Crippen LogP contribution is 2.27. The number of halogens is 1. The van der Waals surface area contributed by atoms with Gasteiger partial charge in [0.05, 0.1) is 12.8 Å². The Kier molecular flexibility index (Phi) is 5.59. The molecule has 0 aliphatic carbocycles. The number of ether oxygens (including phenoxy) is 1. The van der Waals surface area contributed by atoms with Gasteiger partial charge in [-0.25, -0.2) is 9.69 Å². The first kappa shape index (κ1) is 21.4. The van der Waals surface area contributed by atoms with Gasteiger partial charge in [-0.1, -0.05) is 17.7 Å². The van der Waals surface area contributed by atoms with E-state index in [0.717, 1.165) is 22.0 Å². The van der Waals surface area contributed by atoms with Crippen molar-refractivity contribution in [3.8, 4) is 11.4 Å². The first-order valence-electron chi connectivity index (χ1n) is 9.80. The maximum absolute atomic E-state index is 13.1. The molecule has 162 valence electrons. The smallest absolute Gasteiger partial charge is 0.335 e. The monoisotopic (exact) mass is 449 g/mol. The van der Waals surface area contributed by atoms with Crippen molar-refractivity contribution >= 4 is 41.2 Å². The van der Waals surface area contributed by atoms with Gasteiger partial charge >= 0.3 is 6.03 Å². The molecule has 4 amide bonds.